The molecule has 2 aliphatic rings. The molecule has 1 unspecified atom stereocenters. The van der Waals surface area contributed by atoms with Gasteiger partial charge in [-0.1, -0.05) is 65.7 Å². The van der Waals surface area contributed by atoms with E-state index in [4.69, 9.17) is 16.4 Å². The number of hydrogen-bond donors (Lipinski definition) is 2. The fourth-order valence-electron chi connectivity index (χ4n) is 5.02. The Morgan fingerprint density at radius 3 is 1.88 bits per heavy atom. The van der Waals surface area contributed by atoms with Crippen LogP contribution in [0.1, 0.15) is 47.9 Å². The van der Waals surface area contributed by atoms with Gasteiger partial charge in [-0.25, -0.2) is 13.7 Å². The van der Waals surface area contributed by atoms with Gasteiger partial charge in [-0.3, -0.25) is 0 Å². The average Bonchev–Trinajstić information content (AvgIpc) is 2.97. The van der Waals surface area contributed by atoms with Crippen molar-refractivity contribution >= 4 is 27.1 Å². The quantitative estimate of drug-likeness (QED) is 0.442. The summed E-state index contributed by atoms with van der Waals surface area (Å²) in [6.07, 6.45) is 5.79. The van der Waals surface area contributed by atoms with Crippen molar-refractivity contribution in [1.29, 1.82) is 4.78 Å². The van der Waals surface area contributed by atoms with Crippen LogP contribution in [0, 0.1) is 4.78 Å². The van der Waals surface area contributed by atoms with E-state index in [0.717, 1.165) is 38.5 Å². The van der Waals surface area contributed by atoms with Gasteiger partial charge in [0, 0.05) is 11.1 Å². The van der Waals surface area contributed by atoms with Crippen LogP contribution in [0.25, 0.3) is 5.57 Å². The molecule has 0 radical (unpaired) electrons. The maximum atomic E-state index is 13.0. The highest BCUT2D eigenvalue weighted by Crippen LogP contribution is 2.40. The van der Waals surface area contributed by atoms with Crippen LogP contribution in [-0.2, 0) is 22.8 Å². The van der Waals surface area contributed by atoms with Gasteiger partial charge in [0.2, 0.25) is 0 Å². The third-order valence-electron chi connectivity index (χ3n) is 6.66. The largest absolute Gasteiger partial charge is 0.236 e. The molecule has 1 fully saturated rings. The van der Waals surface area contributed by atoms with Crippen molar-refractivity contribution in [3.63, 3.8) is 0 Å². The summed E-state index contributed by atoms with van der Waals surface area (Å²) in [5.74, 6) is 0. The smallest absolute Gasteiger partial charge is 0.134 e. The summed E-state index contributed by atoms with van der Waals surface area (Å²) in [5.41, 5.74) is 8.45. The summed E-state index contributed by atoms with van der Waals surface area (Å²) in [4.78, 5) is 0.484. The lowest BCUT2D eigenvalue weighted by Crippen LogP contribution is -2.36. The molecule has 0 saturated heterocycles. The van der Waals surface area contributed by atoms with Crippen molar-refractivity contribution in [1.82, 2.24) is 4.72 Å². The maximum absolute atomic E-state index is 13.0. The number of rotatable bonds is 3. The van der Waals surface area contributed by atoms with Crippen LogP contribution >= 0.6 is 11.6 Å². The lowest BCUT2D eigenvalue weighted by atomic mass is 9.82. The van der Waals surface area contributed by atoms with E-state index in [1.165, 1.54) is 33.4 Å². The predicted molar refractivity (Wildman–Crippen MR) is 132 cm³/mol. The molecule has 3 nitrogen and oxygen atoms in total. The first kappa shape index (κ1) is 21.4. The zero-order valence-electron chi connectivity index (χ0n) is 17.9. The first-order chi connectivity index (χ1) is 15.5. The molecule has 1 atom stereocenters. The molecule has 2 aliphatic carbocycles. The van der Waals surface area contributed by atoms with E-state index in [1.807, 2.05) is 0 Å². The molecule has 0 aliphatic heterocycles. The van der Waals surface area contributed by atoms with E-state index in [2.05, 4.69) is 53.3 Å². The highest BCUT2D eigenvalue weighted by atomic mass is 35.5. The first-order valence-electron chi connectivity index (χ1n) is 11.2. The van der Waals surface area contributed by atoms with Crippen LogP contribution in [-0.4, -0.2) is 10.3 Å². The van der Waals surface area contributed by atoms with E-state index < -0.39 is 9.92 Å². The van der Waals surface area contributed by atoms with Gasteiger partial charge in [-0.15, -0.1) is 0 Å². The van der Waals surface area contributed by atoms with Crippen molar-refractivity contribution < 1.29 is 4.21 Å². The Morgan fingerprint density at radius 2 is 1.31 bits per heavy atom. The van der Waals surface area contributed by atoms with Gasteiger partial charge in [-0.2, -0.15) is 0 Å². The molecule has 32 heavy (non-hydrogen) atoms. The van der Waals surface area contributed by atoms with Gasteiger partial charge in [0.15, 0.2) is 0 Å². The van der Waals surface area contributed by atoms with E-state index in [9.17, 15) is 4.21 Å². The molecule has 1 saturated carbocycles. The average molecular weight is 463 g/mol. The number of halogens is 1. The minimum Gasteiger partial charge on any atom is -0.236 e. The molecule has 3 aromatic carbocycles. The van der Waals surface area contributed by atoms with Crippen LogP contribution in [0.4, 0.5) is 0 Å². The fraction of sp³-hybridized carbons (Fsp3) is 0.259. The van der Waals surface area contributed by atoms with Crippen molar-refractivity contribution in [2.75, 3.05) is 0 Å². The molecular formula is C27H27ClN2OS. The van der Waals surface area contributed by atoms with Crippen molar-refractivity contribution in [3.8, 4) is 0 Å². The van der Waals surface area contributed by atoms with E-state index >= 15 is 0 Å². The van der Waals surface area contributed by atoms with Crippen LogP contribution in [0.3, 0.4) is 0 Å². The highest BCUT2D eigenvalue weighted by molar-refractivity contribution is 7.90. The summed E-state index contributed by atoms with van der Waals surface area (Å²) >= 11 is 5.95. The van der Waals surface area contributed by atoms with E-state index in [-0.39, 0.29) is 6.04 Å². The molecule has 0 heterocycles. The van der Waals surface area contributed by atoms with Gasteiger partial charge in [-0.05, 0) is 90.6 Å². The lowest BCUT2D eigenvalue weighted by Gasteiger charge is -2.28. The summed E-state index contributed by atoms with van der Waals surface area (Å²) in [6, 6.07) is 24.4. The number of benzene rings is 3. The number of nitrogens with one attached hydrogen (secondary N) is 2. The monoisotopic (exact) mass is 462 g/mol. The summed E-state index contributed by atoms with van der Waals surface area (Å²) < 4.78 is 24.6. The minimum absolute atomic E-state index is 0.0660. The second-order valence-electron chi connectivity index (χ2n) is 8.70. The van der Waals surface area contributed by atoms with Gasteiger partial charge in [0.25, 0.3) is 0 Å². The SMILES string of the molecule is N=S(=O)(NC1CCC(=C2c3ccccc3CCc3ccccc32)CC1)c1ccc(Cl)cc1. The molecular weight excluding hydrogens is 436 g/mol. The molecule has 0 bridgehead atoms. The van der Waals surface area contributed by atoms with Crippen molar-refractivity contribution in [2.45, 2.75) is 49.5 Å². The fourth-order valence-corrected chi connectivity index (χ4v) is 6.51. The summed E-state index contributed by atoms with van der Waals surface area (Å²) in [7, 11) is -3.05. The highest BCUT2D eigenvalue weighted by Gasteiger charge is 2.26. The molecule has 3 aromatic rings. The molecule has 5 rings (SSSR count). The zero-order chi connectivity index (χ0) is 22.1. The normalized spacial score (nSPS) is 20.1. The van der Waals surface area contributed by atoms with Crippen molar-refractivity contribution in [2.24, 2.45) is 0 Å². The third kappa shape index (κ3) is 4.27. The molecule has 0 spiro atoms. The number of hydrogen-bond acceptors (Lipinski definition) is 2. The Labute approximate surface area is 195 Å². The second kappa shape index (κ2) is 8.86. The second-order valence-corrected chi connectivity index (χ2v) is 11.0. The predicted octanol–water partition coefficient (Wildman–Crippen LogP) is 6.79. The Hall–Kier alpha value is -2.40. The Balaban J connectivity index is 1.42. The number of allylic oxidation sites excluding steroid dienone is 1. The molecule has 5 heteroatoms. The van der Waals surface area contributed by atoms with E-state index in [0.29, 0.717) is 9.92 Å². The standard InChI is InChI=1S/C27H27ClN2OS/c28-22-13-17-24(18-14-22)32(29,31)30-23-15-11-21(12-16-23)27-25-7-3-1-5-19(25)9-10-20-6-2-4-8-26(20)27/h1-8,13-14,17-18,23H,9-12,15-16H2,(H2,29,30,31). The summed E-state index contributed by atoms with van der Waals surface area (Å²) in [5, 5.41) is 0.585. The molecule has 164 valence electrons. The van der Waals surface area contributed by atoms with Crippen molar-refractivity contribution in [3.05, 3.63) is 106 Å². The van der Waals surface area contributed by atoms with Crippen LogP contribution in [0.15, 0.2) is 83.3 Å². The maximum Gasteiger partial charge on any atom is 0.134 e. The number of fused-ring (bicyclic) bond motifs is 2. The molecule has 0 amide bonds. The van der Waals surface area contributed by atoms with Crippen LogP contribution < -0.4 is 4.72 Å². The Kier molecular flexibility index (Phi) is 5.93. The van der Waals surface area contributed by atoms with Gasteiger partial charge >= 0.3 is 0 Å². The Morgan fingerprint density at radius 1 is 0.781 bits per heavy atom. The molecule has 2 N–H and O–H groups in total. The van der Waals surface area contributed by atoms with Crippen LogP contribution in [0.5, 0.6) is 0 Å². The van der Waals surface area contributed by atoms with Crippen LogP contribution in [0.2, 0.25) is 5.02 Å². The lowest BCUT2D eigenvalue weighted by molar-refractivity contribution is 0.478. The minimum atomic E-state index is -3.05. The van der Waals surface area contributed by atoms with Gasteiger partial charge in [0.05, 0.1) is 4.90 Å². The Bertz CT molecular complexity index is 1220. The molecule has 0 aromatic heterocycles. The van der Waals surface area contributed by atoms with Gasteiger partial charge in [0.1, 0.15) is 9.92 Å². The topological polar surface area (TPSA) is 53.0 Å². The number of aryl methyl sites for hydroxylation is 2. The zero-order valence-corrected chi connectivity index (χ0v) is 19.5. The first-order valence-corrected chi connectivity index (χ1v) is 13.1. The van der Waals surface area contributed by atoms with E-state index in [1.54, 1.807) is 24.3 Å². The third-order valence-corrected chi connectivity index (χ3v) is 8.51. The summed E-state index contributed by atoms with van der Waals surface area (Å²) in [6.45, 7) is 0. The van der Waals surface area contributed by atoms with Gasteiger partial charge < -0.3 is 0 Å².